The standard InChI is InChI=1S/C11H16N2O4S/c1-13-10(11(14)15)7-8(12-13)6-9-4-2-3-5-18(9,16)17/h7,9H,2-6H2,1H3,(H,14,15). The van der Waals surface area contributed by atoms with Crippen molar-refractivity contribution in [2.24, 2.45) is 7.05 Å². The molecule has 1 aliphatic rings. The smallest absolute Gasteiger partial charge is 0.354 e. The van der Waals surface area contributed by atoms with Crippen LogP contribution in [0.15, 0.2) is 6.07 Å². The predicted octanol–water partition coefficient (Wildman–Crippen LogP) is 0.628. The number of hydrogen-bond donors (Lipinski definition) is 1. The fraction of sp³-hybridized carbons (Fsp3) is 0.636. The molecule has 7 heteroatoms. The van der Waals surface area contributed by atoms with Crippen LogP contribution < -0.4 is 0 Å². The summed E-state index contributed by atoms with van der Waals surface area (Å²) in [5.41, 5.74) is 0.614. The van der Waals surface area contributed by atoms with E-state index in [-0.39, 0.29) is 11.4 Å². The lowest BCUT2D eigenvalue weighted by molar-refractivity contribution is 0.0685. The first-order valence-corrected chi connectivity index (χ1v) is 7.59. The van der Waals surface area contributed by atoms with Gasteiger partial charge in [0.05, 0.1) is 16.7 Å². The number of hydrogen-bond acceptors (Lipinski definition) is 4. The second-order valence-corrected chi connectivity index (χ2v) is 7.04. The fourth-order valence-electron chi connectivity index (χ4n) is 2.31. The Labute approximate surface area is 106 Å². The number of carbonyl (C=O) groups is 1. The van der Waals surface area contributed by atoms with Gasteiger partial charge in [-0.1, -0.05) is 6.42 Å². The highest BCUT2D eigenvalue weighted by atomic mass is 32.2. The van der Waals surface area contributed by atoms with Crippen molar-refractivity contribution in [2.75, 3.05) is 5.75 Å². The predicted molar refractivity (Wildman–Crippen MR) is 65.3 cm³/mol. The molecular weight excluding hydrogens is 256 g/mol. The van der Waals surface area contributed by atoms with Crippen LogP contribution in [0.5, 0.6) is 0 Å². The summed E-state index contributed by atoms with van der Waals surface area (Å²) in [6, 6.07) is 1.45. The highest BCUT2D eigenvalue weighted by molar-refractivity contribution is 7.92. The van der Waals surface area contributed by atoms with Gasteiger partial charge in [-0.2, -0.15) is 5.10 Å². The highest BCUT2D eigenvalue weighted by Gasteiger charge is 2.29. The molecule has 1 saturated heterocycles. The Morgan fingerprint density at radius 2 is 2.28 bits per heavy atom. The minimum Gasteiger partial charge on any atom is -0.477 e. The van der Waals surface area contributed by atoms with E-state index in [9.17, 15) is 13.2 Å². The van der Waals surface area contributed by atoms with E-state index >= 15 is 0 Å². The number of nitrogens with zero attached hydrogens (tertiary/aromatic N) is 2. The Hall–Kier alpha value is -1.37. The van der Waals surface area contributed by atoms with E-state index in [1.807, 2.05) is 0 Å². The maximum absolute atomic E-state index is 11.9. The second kappa shape index (κ2) is 4.72. The Bertz CT molecular complexity index is 562. The van der Waals surface area contributed by atoms with Gasteiger partial charge in [0, 0.05) is 13.5 Å². The van der Waals surface area contributed by atoms with E-state index in [0.29, 0.717) is 18.5 Å². The van der Waals surface area contributed by atoms with Gasteiger partial charge in [-0.3, -0.25) is 4.68 Å². The molecule has 1 fully saturated rings. The Morgan fingerprint density at radius 3 is 2.83 bits per heavy atom. The van der Waals surface area contributed by atoms with Crippen LogP contribution in [-0.2, 0) is 23.3 Å². The van der Waals surface area contributed by atoms with E-state index in [2.05, 4.69) is 5.10 Å². The molecule has 1 N–H and O–H groups in total. The van der Waals surface area contributed by atoms with Gasteiger partial charge in [0.2, 0.25) is 0 Å². The largest absolute Gasteiger partial charge is 0.477 e. The van der Waals surface area contributed by atoms with Crippen LogP contribution in [0.2, 0.25) is 0 Å². The van der Waals surface area contributed by atoms with Gasteiger partial charge < -0.3 is 5.11 Å². The maximum atomic E-state index is 11.9. The van der Waals surface area contributed by atoms with Gasteiger partial charge >= 0.3 is 5.97 Å². The zero-order valence-electron chi connectivity index (χ0n) is 10.2. The van der Waals surface area contributed by atoms with Crippen LogP contribution in [0, 0.1) is 0 Å². The van der Waals surface area contributed by atoms with Gasteiger partial charge in [-0.15, -0.1) is 0 Å². The Balaban J connectivity index is 2.19. The van der Waals surface area contributed by atoms with Crippen LogP contribution in [0.25, 0.3) is 0 Å². The van der Waals surface area contributed by atoms with Crippen LogP contribution in [-0.4, -0.2) is 40.3 Å². The van der Waals surface area contributed by atoms with Crippen LogP contribution in [0.4, 0.5) is 0 Å². The summed E-state index contributed by atoms with van der Waals surface area (Å²) >= 11 is 0. The summed E-state index contributed by atoms with van der Waals surface area (Å²) in [5, 5.41) is 12.6. The molecule has 100 valence electrons. The monoisotopic (exact) mass is 272 g/mol. The topological polar surface area (TPSA) is 89.3 Å². The number of aromatic carboxylic acids is 1. The molecule has 2 rings (SSSR count). The number of sulfone groups is 1. The molecule has 1 aromatic rings. The average Bonchev–Trinajstić information content (AvgIpc) is 2.63. The highest BCUT2D eigenvalue weighted by Crippen LogP contribution is 2.22. The van der Waals surface area contributed by atoms with Gasteiger partial charge in [-0.05, 0) is 18.9 Å². The molecule has 1 aromatic heterocycles. The lowest BCUT2D eigenvalue weighted by Crippen LogP contribution is -2.30. The summed E-state index contributed by atoms with van der Waals surface area (Å²) in [6.07, 6.45) is 2.58. The minimum atomic E-state index is -3.04. The molecule has 1 atom stereocenters. The first kappa shape index (κ1) is 13.1. The summed E-state index contributed by atoms with van der Waals surface area (Å²) in [7, 11) is -1.50. The SMILES string of the molecule is Cn1nc(CC2CCCCS2(=O)=O)cc1C(=O)O. The number of carboxylic acid groups (broad SMARTS) is 1. The van der Waals surface area contributed by atoms with Crippen molar-refractivity contribution in [1.29, 1.82) is 0 Å². The maximum Gasteiger partial charge on any atom is 0.354 e. The van der Waals surface area contributed by atoms with Gasteiger partial charge in [0.1, 0.15) is 5.69 Å². The number of rotatable bonds is 3. The van der Waals surface area contributed by atoms with Crippen molar-refractivity contribution in [1.82, 2.24) is 9.78 Å². The molecule has 0 amide bonds. The number of carboxylic acids is 1. The molecule has 0 saturated carbocycles. The van der Waals surface area contributed by atoms with Gasteiger partial charge in [0.15, 0.2) is 9.84 Å². The molecule has 1 aliphatic heterocycles. The summed E-state index contributed by atoms with van der Waals surface area (Å²) in [4.78, 5) is 10.9. The van der Waals surface area contributed by atoms with Crippen molar-refractivity contribution in [3.63, 3.8) is 0 Å². The van der Waals surface area contributed by atoms with Gasteiger partial charge in [0.25, 0.3) is 0 Å². The van der Waals surface area contributed by atoms with E-state index in [1.165, 1.54) is 10.7 Å². The fourth-order valence-corrected chi connectivity index (χ4v) is 4.20. The molecule has 0 aromatic carbocycles. The molecule has 1 unspecified atom stereocenters. The Morgan fingerprint density at radius 1 is 1.56 bits per heavy atom. The second-order valence-electron chi connectivity index (χ2n) is 4.64. The van der Waals surface area contributed by atoms with Crippen molar-refractivity contribution < 1.29 is 18.3 Å². The number of aromatic nitrogens is 2. The first-order valence-electron chi connectivity index (χ1n) is 5.88. The summed E-state index contributed by atoms with van der Waals surface area (Å²) in [6.45, 7) is 0. The van der Waals surface area contributed by atoms with E-state index < -0.39 is 21.1 Å². The Kier molecular flexibility index (Phi) is 3.43. The zero-order chi connectivity index (χ0) is 13.3. The van der Waals surface area contributed by atoms with Crippen molar-refractivity contribution in [2.45, 2.75) is 30.9 Å². The normalized spacial score (nSPS) is 22.8. The lowest BCUT2D eigenvalue weighted by Gasteiger charge is -2.21. The summed E-state index contributed by atoms with van der Waals surface area (Å²) in [5.74, 6) is -0.821. The molecule has 18 heavy (non-hydrogen) atoms. The lowest BCUT2D eigenvalue weighted by atomic mass is 10.1. The third-order valence-electron chi connectivity index (χ3n) is 3.30. The van der Waals surface area contributed by atoms with E-state index in [4.69, 9.17) is 5.11 Å². The van der Waals surface area contributed by atoms with E-state index in [0.717, 1.165) is 12.8 Å². The molecular formula is C11H16N2O4S. The molecule has 0 radical (unpaired) electrons. The van der Waals surface area contributed by atoms with Crippen LogP contribution >= 0.6 is 0 Å². The number of aryl methyl sites for hydroxylation is 1. The van der Waals surface area contributed by atoms with Crippen molar-refractivity contribution in [3.8, 4) is 0 Å². The minimum absolute atomic E-state index is 0.0817. The first-order chi connectivity index (χ1) is 8.40. The summed E-state index contributed by atoms with van der Waals surface area (Å²) < 4.78 is 25.0. The molecule has 0 spiro atoms. The van der Waals surface area contributed by atoms with Gasteiger partial charge in [-0.25, -0.2) is 13.2 Å². The molecule has 6 nitrogen and oxygen atoms in total. The zero-order valence-corrected chi connectivity index (χ0v) is 11.0. The molecule has 2 heterocycles. The third kappa shape index (κ3) is 2.55. The molecule has 0 aliphatic carbocycles. The average molecular weight is 272 g/mol. The van der Waals surface area contributed by atoms with Crippen LogP contribution in [0.1, 0.15) is 35.4 Å². The van der Waals surface area contributed by atoms with Crippen molar-refractivity contribution in [3.05, 3.63) is 17.5 Å². The molecule has 0 bridgehead atoms. The van der Waals surface area contributed by atoms with E-state index in [1.54, 1.807) is 7.05 Å². The quantitative estimate of drug-likeness (QED) is 0.871. The van der Waals surface area contributed by atoms with Crippen LogP contribution in [0.3, 0.4) is 0 Å². The third-order valence-corrected chi connectivity index (χ3v) is 5.57. The van der Waals surface area contributed by atoms with Crippen molar-refractivity contribution >= 4 is 15.8 Å².